The Labute approximate surface area is 262 Å². The second kappa shape index (κ2) is 15.2. The van der Waals surface area contributed by atoms with Crippen molar-refractivity contribution >= 4 is 23.5 Å². The Morgan fingerprint density at radius 1 is 0.911 bits per heavy atom. The third-order valence-electron chi connectivity index (χ3n) is 6.65. The molecule has 4 aromatic rings. The van der Waals surface area contributed by atoms with Gasteiger partial charge in [0.05, 0.1) is 30.3 Å². The van der Waals surface area contributed by atoms with E-state index in [4.69, 9.17) is 19.3 Å². The van der Waals surface area contributed by atoms with E-state index in [0.29, 0.717) is 49.1 Å². The van der Waals surface area contributed by atoms with Gasteiger partial charge in [0.1, 0.15) is 28.9 Å². The Morgan fingerprint density at radius 2 is 1.64 bits per heavy atom. The number of unbranched alkanes of at least 4 members (excludes halogenated alkanes) is 1. The Balaban J connectivity index is 1.39. The fourth-order valence-corrected chi connectivity index (χ4v) is 4.18. The van der Waals surface area contributed by atoms with E-state index >= 15 is 0 Å². The molecule has 10 nitrogen and oxygen atoms in total. The molecule has 0 spiro atoms. The molecule has 11 heteroatoms. The van der Waals surface area contributed by atoms with Crippen LogP contribution >= 0.6 is 0 Å². The molecule has 0 saturated carbocycles. The van der Waals surface area contributed by atoms with Gasteiger partial charge in [0.15, 0.2) is 0 Å². The van der Waals surface area contributed by atoms with Crippen molar-refractivity contribution in [3.63, 3.8) is 0 Å². The molecule has 2 aromatic heterocycles. The third kappa shape index (κ3) is 9.79. The highest BCUT2D eigenvalue weighted by atomic mass is 19.1. The summed E-state index contributed by atoms with van der Waals surface area (Å²) in [6, 6.07) is 16.0. The predicted octanol–water partition coefficient (Wildman–Crippen LogP) is 7.95. The number of carbonyl (C=O) groups excluding carboxylic acids is 2. The average Bonchev–Trinajstić information content (AvgIpc) is 3.41. The van der Waals surface area contributed by atoms with E-state index in [-0.39, 0.29) is 22.8 Å². The summed E-state index contributed by atoms with van der Waals surface area (Å²) >= 11 is 0. The number of pyridine rings is 1. The fourth-order valence-electron chi connectivity index (χ4n) is 4.18. The molecule has 0 unspecified atom stereocenters. The molecule has 0 aliphatic heterocycles. The molecule has 0 aliphatic rings. The van der Waals surface area contributed by atoms with Crippen molar-refractivity contribution in [3.8, 4) is 22.9 Å². The Hall–Kier alpha value is -4.93. The monoisotopic (exact) mass is 617 g/mol. The van der Waals surface area contributed by atoms with E-state index in [1.54, 1.807) is 47.3 Å². The van der Waals surface area contributed by atoms with E-state index in [2.05, 4.69) is 15.6 Å². The Bertz CT molecular complexity index is 1600. The number of urea groups is 1. The zero-order valence-electron chi connectivity index (χ0n) is 26.4. The standard InChI is InChI=1S/C34H40FN5O5/c1-6-7-18-44-32(41)9-8-19-43-25-12-10-24(11-13-25)40-31(22-30(39-40)34(3,4)5)38-33(42)37-29-15-14-26(21-28(29)35)45-27-16-17-36-23(2)20-27/h10-17,20-22H,6-9,18-19H2,1-5H3,(H2,37,38,42). The first-order valence-electron chi connectivity index (χ1n) is 15.0. The van der Waals surface area contributed by atoms with Crippen molar-refractivity contribution in [1.29, 1.82) is 0 Å². The molecule has 0 fully saturated rings. The van der Waals surface area contributed by atoms with E-state index in [1.165, 1.54) is 12.1 Å². The zero-order chi connectivity index (χ0) is 32.4. The SMILES string of the molecule is CCCCOC(=O)CCCOc1ccc(-n2nc(C(C)(C)C)cc2NC(=O)Nc2ccc(Oc3ccnc(C)c3)cc2F)cc1. The minimum Gasteiger partial charge on any atom is -0.494 e. The fraction of sp³-hybridized carbons (Fsp3) is 0.353. The zero-order valence-corrected chi connectivity index (χ0v) is 26.4. The highest BCUT2D eigenvalue weighted by Crippen LogP contribution is 2.29. The summed E-state index contributed by atoms with van der Waals surface area (Å²) in [6.07, 6.45) is 4.29. The lowest BCUT2D eigenvalue weighted by molar-refractivity contribution is -0.144. The number of esters is 1. The number of nitrogens with zero attached hydrogens (tertiary/aromatic N) is 3. The summed E-state index contributed by atoms with van der Waals surface area (Å²) in [5.41, 5.74) is 1.90. The first-order valence-corrected chi connectivity index (χ1v) is 15.0. The van der Waals surface area contributed by atoms with Gasteiger partial charge in [-0.25, -0.2) is 13.9 Å². The lowest BCUT2D eigenvalue weighted by atomic mass is 9.92. The first kappa shape index (κ1) is 33.0. The number of ether oxygens (including phenoxy) is 3. The van der Waals surface area contributed by atoms with Crippen LogP contribution in [0.3, 0.4) is 0 Å². The van der Waals surface area contributed by atoms with Gasteiger partial charge in [0.25, 0.3) is 0 Å². The molecular formula is C34H40FN5O5. The highest BCUT2D eigenvalue weighted by Gasteiger charge is 2.22. The predicted molar refractivity (Wildman–Crippen MR) is 171 cm³/mol. The van der Waals surface area contributed by atoms with Gasteiger partial charge in [-0.05, 0) is 62.2 Å². The molecule has 0 aliphatic carbocycles. The summed E-state index contributed by atoms with van der Waals surface area (Å²) < 4.78 is 33.2. The van der Waals surface area contributed by atoms with Crippen LogP contribution in [0.2, 0.25) is 0 Å². The normalized spacial score (nSPS) is 11.2. The molecule has 0 bridgehead atoms. The second-order valence-electron chi connectivity index (χ2n) is 11.6. The molecule has 0 saturated heterocycles. The molecule has 0 radical (unpaired) electrons. The largest absolute Gasteiger partial charge is 0.494 e. The summed E-state index contributed by atoms with van der Waals surface area (Å²) in [4.78, 5) is 28.9. The molecule has 2 N–H and O–H groups in total. The van der Waals surface area contributed by atoms with Crippen molar-refractivity contribution in [2.24, 2.45) is 0 Å². The van der Waals surface area contributed by atoms with Crippen molar-refractivity contribution in [1.82, 2.24) is 14.8 Å². The number of hydrogen-bond donors (Lipinski definition) is 2. The van der Waals surface area contributed by atoms with Crippen molar-refractivity contribution in [2.45, 2.75) is 65.7 Å². The van der Waals surface area contributed by atoms with Crippen molar-refractivity contribution in [3.05, 3.63) is 84.1 Å². The molecule has 2 amide bonds. The molecular weight excluding hydrogens is 577 g/mol. The van der Waals surface area contributed by atoms with E-state index in [9.17, 15) is 14.0 Å². The smallest absolute Gasteiger partial charge is 0.324 e. The summed E-state index contributed by atoms with van der Waals surface area (Å²) in [6.45, 7) is 10.8. The number of halogens is 1. The van der Waals surface area contributed by atoms with Gasteiger partial charge in [-0.1, -0.05) is 34.1 Å². The lowest BCUT2D eigenvalue weighted by Gasteiger charge is -2.14. The van der Waals surface area contributed by atoms with Crippen LogP contribution in [0.15, 0.2) is 66.9 Å². The number of benzene rings is 2. The minimum atomic E-state index is -0.652. The molecule has 2 heterocycles. The van der Waals surface area contributed by atoms with Gasteiger partial charge in [0, 0.05) is 41.9 Å². The maximum Gasteiger partial charge on any atom is 0.324 e. The molecule has 0 atom stereocenters. The molecule has 4 rings (SSSR count). The highest BCUT2D eigenvalue weighted by molar-refractivity contribution is 5.99. The van der Waals surface area contributed by atoms with Gasteiger partial charge in [-0.15, -0.1) is 0 Å². The second-order valence-corrected chi connectivity index (χ2v) is 11.6. The molecule has 45 heavy (non-hydrogen) atoms. The van der Waals surface area contributed by atoms with Crippen molar-refractivity contribution < 1.29 is 28.2 Å². The lowest BCUT2D eigenvalue weighted by Crippen LogP contribution is -2.22. The van der Waals surface area contributed by atoms with Crippen LogP contribution < -0.4 is 20.1 Å². The van der Waals surface area contributed by atoms with Crippen LogP contribution in [-0.2, 0) is 14.9 Å². The van der Waals surface area contributed by atoms with Crippen LogP contribution in [0.25, 0.3) is 5.69 Å². The number of nitrogens with one attached hydrogen (secondary N) is 2. The Morgan fingerprint density at radius 3 is 2.33 bits per heavy atom. The van der Waals surface area contributed by atoms with Crippen LogP contribution in [0.5, 0.6) is 17.2 Å². The van der Waals surface area contributed by atoms with E-state index < -0.39 is 11.8 Å². The third-order valence-corrected chi connectivity index (χ3v) is 6.65. The number of anilines is 2. The Kier molecular flexibility index (Phi) is 11.1. The van der Waals surface area contributed by atoms with Crippen LogP contribution in [-0.4, -0.2) is 40.0 Å². The average molecular weight is 618 g/mol. The van der Waals surface area contributed by atoms with Gasteiger partial charge >= 0.3 is 12.0 Å². The summed E-state index contributed by atoms with van der Waals surface area (Å²) in [7, 11) is 0. The van der Waals surface area contributed by atoms with Crippen LogP contribution in [0.4, 0.5) is 20.7 Å². The number of aromatic nitrogens is 3. The van der Waals surface area contributed by atoms with E-state index in [0.717, 1.165) is 24.2 Å². The van der Waals surface area contributed by atoms with Gasteiger partial charge in [0.2, 0.25) is 0 Å². The van der Waals surface area contributed by atoms with Crippen molar-refractivity contribution in [2.75, 3.05) is 23.8 Å². The van der Waals surface area contributed by atoms with Gasteiger partial charge in [-0.2, -0.15) is 5.10 Å². The van der Waals surface area contributed by atoms with E-state index in [1.807, 2.05) is 46.8 Å². The first-order chi connectivity index (χ1) is 21.5. The number of carbonyl (C=O) groups is 2. The van der Waals surface area contributed by atoms with Crippen LogP contribution in [0, 0.1) is 12.7 Å². The van der Waals surface area contributed by atoms with Gasteiger partial charge in [-0.3, -0.25) is 15.1 Å². The number of amides is 2. The maximum atomic E-state index is 14.9. The minimum absolute atomic E-state index is 0.0106. The number of aryl methyl sites for hydroxylation is 1. The summed E-state index contributed by atoms with van der Waals surface area (Å²) in [5, 5.41) is 10.1. The molecule has 238 valence electrons. The number of rotatable bonds is 13. The maximum absolute atomic E-state index is 14.9. The van der Waals surface area contributed by atoms with Gasteiger partial charge < -0.3 is 19.5 Å². The quantitative estimate of drug-likeness (QED) is 0.116. The topological polar surface area (TPSA) is 117 Å². The summed E-state index contributed by atoms with van der Waals surface area (Å²) in [5.74, 6) is 0.986. The number of hydrogen-bond acceptors (Lipinski definition) is 7. The molecule has 2 aromatic carbocycles. The van der Waals surface area contributed by atoms with Crippen LogP contribution in [0.1, 0.15) is 64.8 Å².